The lowest BCUT2D eigenvalue weighted by Crippen LogP contribution is -2.01. The summed E-state index contributed by atoms with van der Waals surface area (Å²) in [6, 6.07) is 74.1. The van der Waals surface area contributed by atoms with Crippen LogP contribution in [-0.2, 0) is 0 Å². The van der Waals surface area contributed by atoms with Crippen LogP contribution in [-0.4, -0.2) is 15.0 Å². The summed E-state index contributed by atoms with van der Waals surface area (Å²) < 4.78 is 0. The average Bonchev–Trinajstić information content (AvgIpc) is 3.27. The van der Waals surface area contributed by atoms with Gasteiger partial charge in [-0.1, -0.05) is 200 Å². The molecule has 0 aliphatic heterocycles. The van der Waals surface area contributed by atoms with Gasteiger partial charge in [0.2, 0.25) is 0 Å². The summed E-state index contributed by atoms with van der Waals surface area (Å²) in [5.74, 6) is 1.89. The Labute approximate surface area is 316 Å². The van der Waals surface area contributed by atoms with E-state index in [9.17, 15) is 0 Å². The third-order valence-electron chi connectivity index (χ3n) is 9.78. The quantitative estimate of drug-likeness (QED) is 0.159. The van der Waals surface area contributed by atoms with Gasteiger partial charge in [-0.15, -0.1) is 0 Å². The lowest BCUT2D eigenvalue weighted by atomic mass is 9.97. The average molecular weight is 690 g/mol. The molecule has 54 heavy (non-hydrogen) atoms. The number of nitrogens with zero attached hydrogens (tertiary/aromatic N) is 3. The zero-order chi connectivity index (χ0) is 36.1. The molecule has 0 unspecified atom stereocenters. The van der Waals surface area contributed by atoms with Crippen molar-refractivity contribution in [1.82, 2.24) is 15.0 Å². The first kappa shape index (κ1) is 32.7. The predicted molar refractivity (Wildman–Crippen MR) is 223 cm³/mol. The topological polar surface area (TPSA) is 38.7 Å². The molecule has 0 N–H and O–H groups in total. The van der Waals surface area contributed by atoms with Crippen LogP contribution in [0.2, 0.25) is 0 Å². The lowest BCUT2D eigenvalue weighted by molar-refractivity contribution is 1.07. The van der Waals surface area contributed by atoms with Crippen LogP contribution < -0.4 is 0 Å². The van der Waals surface area contributed by atoms with E-state index in [0.29, 0.717) is 17.5 Å². The van der Waals surface area contributed by atoms with Gasteiger partial charge in [0.25, 0.3) is 0 Å². The second-order valence-corrected chi connectivity index (χ2v) is 13.3. The van der Waals surface area contributed by atoms with E-state index in [2.05, 4.69) is 188 Å². The van der Waals surface area contributed by atoms with Crippen LogP contribution >= 0.6 is 0 Å². The van der Waals surface area contributed by atoms with E-state index in [0.717, 1.165) is 50.1 Å². The highest BCUT2D eigenvalue weighted by Crippen LogP contribution is 2.34. The van der Waals surface area contributed by atoms with Crippen LogP contribution in [0.1, 0.15) is 0 Å². The van der Waals surface area contributed by atoms with Gasteiger partial charge in [0, 0.05) is 16.7 Å². The Hall–Kier alpha value is -7.23. The lowest BCUT2D eigenvalue weighted by Gasteiger charge is -2.13. The minimum Gasteiger partial charge on any atom is -0.208 e. The Morgan fingerprint density at radius 2 is 0.481 bits per heavy atom. The largest absolute Gasteiger partial charge is 0.208 e. The smallest absolute Gasteiger partial charge is 0.164 e. The minimum atomic E-state index is 0.625. The molecule has 3 nitrogen and oxygen atoms in total. The molecule has 9 rings (SSSR count). The van der Waals surface area contributed by atoms with Crippen LogP contribution in [0.5, 0.6) is 0 Å². The molecule has 0 aliphatic rings. The van der Waals surface area contributed by atoms with E-state index in [-0.39, 0.29) is 0 Å². The summed E-state index contributed by atoms with van der Waals surface area (Å²) >= 11 is 0. The van der Waals surface area contributed by atoms with Crippen molar-refractivity contribution in [2.45, 2.75) is 0 Å². The molecule has 0 amide bonds. The molecular formula is C51H35N3. The van der Waals surface area contributed by atoms with Crippen molar-refractivity contribution >= 4 is 0 Å². The van der Waals surface area contributed by atoms with Crippen molar-refractivity contribution in [2.24, 2.45) is 0 Å². The van der Waals surface area contributed by atoms with E-state index in [1.54, 1.807) is 0 Å². The van der Waals surface area contributed by atoms with Gasteiger partial charge in [0.1, 0.15) is 0 Å². The maximum Gasteiger partial charge on any atom is 0.164 e. The fourth-order valence-electron chi connectivity index (χ4n) is 6.95. The highest BCUT2D eigenvalue weighted by molar-refractivity contribution is 5.83. The first-order chi connectivity index (χ1) is 26.7. The van der Waals surface area contributed by atoms with E-state index in [4.69, 9.17) is 15.0 Å². The summed E-state index contributed by atoms with van der Waals surface area (Å²) in [6.07, 6.45) is 0. The summed E-state index contributed by atoms with van der Waals surface area (Å²) in [5, 5.41) is 0. The van der Waals surface area contributed by atoms with Gasteiger partial charge in [0.15, 0.2) is 17.5 Å². The normalized spacial score (nSPS) is 11.0. The summed E-state index contributed by atoms with van der Waals surface area (Å²) in [5.41, 5.74) is 14.3. The molecule has 254 valence electrons. The Morgan fingerprint density at radius 1 is 0.185 bits per heavy atom. The van der Waals surface area contributed by atoms with Gasteiger partial charge in [-0.3, -0.25) is 0 Å². The molecule has 8 aromatic carbocycles. The van der Waals surface area contributed by atoms with Crippen LogP contribution in [0.3, 0.4) is 0 Å². The molecule has 0 atom stereocenters. The number of aromatic nitrogens is 3. The molecular weight excluding hydrogens is 655 g/mol. The van der Waals surface area contributed by atoms with Gasteiger partial charge in [-0.05, 0) is 67.8 Å². The van der Waals surface area contributed by atoms with Crippen molar-refractivity contribution in [3.05, 3.63) is 212 Å². The molecule has 0 radical (unpaired) electrons. The van der Waals surface area contributed by atoms with E-state index in [1.165, 1.54) is 22.3 Å². The maximum absolute atomic E-state index is 5.16. The van der Waals surface area contributed by atoms with Crippen molar-refractivity contribution in [3.63, 3.8) is 0 Å². The van der Waals surface area contributed by atoms with Gasteiger partial charge in [-0.2, -0.15) is 0 Å². The predicted octanol–water partition coefficient (Wildman–Crippen LogP) is 13.2. The second-order valence-electron chi connectivity index (χ2n) is 13.3. The summed E-state index contributed by atoms with van der Waals surface area (Å²) in [7, 11) is 0. The van der Waals surface area contributed by atoms with Crippen molar-refractivity contribution in [3.8, 4) is 89.8 Å². The number of hydrogen-bond donors (Lipinski definition) is 0. The molecule has 0 saturated carbocycles. The summed E-state index contributed by atoms with van der Waals surface area (Å²) in [6.45, 7) is 0. The molecule has 3 heteroatoms. The summed E-state index contributed by atoms with van der Waals surface area (Å²) in [4.78, 5) is 15.4. The Morgan fingerprint density at radius 3 is 0.944 bits per heavy atom. The fraction of sp³-hybridized carbons (Fsp3) is 0. The van der Waals surface area contributed by atoms with E-state index in [1.807, 2.05) is 24.3 Å². The molecule has 0 aliphatic carbocycles. The van der Waals surface area contributed by atoms with Gasteiger partial charge in [0.05, 0.1) is 0 Å². The van der Waals surface area contributed by atoms with Crippen LogP contribution in [0.15, 0.2) is 212 Å². The van der Waals surface area contributed by atoms with Crippen LogP contribution in [0.25, 0.3) is 89.8 Å². The van der Waals surface area contributed by atoms with Crippen molar-refractivity contribution in [1.29, 1.82) is 0 Å². The number of hydrogen-bond acceptors (Lipinski definition) is 3. The fourth-order valence-corrected chi connectivity index (χ4v) is 6.95. The Bertz CT molecular complexity index is 2670. The monoisotopic (exact) mass is 689 g/mol. The molecule has 0 fully saturated rings. The molecule has 0 spiro atoms. The first-order valence-electron chi connectivity index (χ1n) is 18.2. The van der Waals surface area contributed by atoms with Crippen molar-refractivity contribution in [2.75, 3.05) is 0 Å². The molecule has 9 aromatic rings. The maximum atomic E-state index is 5.16. The molecule has 1 heterocycles. The minimum absolute atomic E-state index is 0.625. The highest BCUT2D eigenvalue weighted by Gasteiger charge is 2.16. The second kappa shape index (κ2) is 14.8. The third-order valence-corrected chi connectivity index (χ3v) is 9.78. The number of rotatable bonds is 8. The zero-order valence-electron chi connectivity index (χ0n) is 29.5. The van der Waals surface area contributed by atoms with Gasteiger partial charge in [-0.25, -0.2) is 15.0 Å². The van der Waals surface area contributed by atoms with Crippen LogP contribution in [0, 0.1) is 0 Å². The molecule has 1 aromatic heterocycles. The molecule has 0 bridgehead atoms. The van der Waals surface area contributed by atoms with E-state index < -0.39 is 0 Å². The number of benzene rings is 8. The van der Waals surface area contributed by atoms with Gasteiger partial charge >= 0.3 is 0 Å². The zero-order valence-corrected chi connectivity index (χ0v) is 29.5. The standard InChI is InChI=1S/C51H35N3/c1-4-14-36(15-5-1)38-26-28-39(29-27-38)40-30-32-41(33-31-40)44-21-13-23-46(35-44)50-52-49(45-22-12-20-43(34-45)37-16-6-2-7-17-37)53-51(54-50)48-25-11-10-24-47(48)42-18-8-3-9-19-42/h1-35H. The van der Waals surface area contributed by atoms with Crippen LogP contribution in [0.4, 0.5) is 0 Å². The van der Waals surface area contributed by atoms with Crippen molar-refractivity contribution < 1.29 is 0 Å². The van der Waals surface area contributed by atoms with Gasteiger partial charge < -0.3 is 0 Å². The Balaban J connectivity index is 1.10. The third kappa shape index (κ3) is 6.87. The van der Waals surface area contributed by atoms with E-state index >= 15 is 0 Å². The molecule has 0 saturated heterocycles. The SMILES string of the molecule is c1ccc(-c2ccc(-c3ccc(-c4cccc(-c5nc(-c6cccc(-c7ccccc7)c6)nc(-c6ccccc6-c6ccccc6)n5)c4)cc3)cc2)cc1. The first-order valence-corrected chi connectivity index (χ1v) is 18.2. The Kier molecular flexibility index (Phi) is 8.94. The highest BCUT2D eigenvalue weighted by atomic mass is 15.0.